The molecule has 5 nitrogen and oxygen atoms in total. The van der Waals surface area contributed by atoms with Crippen LogP contribution < -0.4 is 16.6 Å². The number of benzene rings is 1. The Morgan fingerprint density at radius 2 is 2.23 bits per heavy atom. The maximum atomic E-state index is 10.7. The summed E-state index contributed by atoms with van der Waals surface area (Å²) in [6.45, 7) is 0. The van der Waals surface area contributed by atoms with E-state index in [2.05, 4.69) is 5.32 Å². The van der Waals surface area contributed by atoms with Crippen molar-refractivity contribution in [1.82, 2.24) is 5.43 Å². The van der Waals surface area contributed by atoms with E-state index in [1.165, 1.54) is 12.1 Å². The zero-order valence-corrected chi connectivity index (χ0v) is 7.30. The van der Waals surface area contributed by atoms with Crippen LogP contribution in [0.25, 0.3) is 0 Å². The molecule has 0 fully saturated rings. The second-order valence-electron chi connectivity index (χ2n) is 2.23. The fourth-order valence-electron chi connectivity index (χ4n) is 0.775. The van der Waals surface area contributed by atoms with E-state index in [0.717, 1.165) is 0 Å². The van der Waals surface area contributed by atoms with Crippen LogP contribution in [0.1, 0.15) is 0 Å². The zero-order chi connectivity index (χ0) is 9.84. The fourth-order valence-corrected chi connectivity index (χ4v) is 0.949. The minimum absolute atomic E-state index is 0.162. The SMILES string of the molecule is NNC(=O)Nc1cccc(Cl)c1O. The third kappa shape index (κ3) is 2.24. The molecule has 0 heterocycles. The van der Waals surface area contributed by atoms with Gasteiger partial charge in [-0.05, 0) is 12.1 Å². The highest BCUT2D eigenvalue weighted by Crippen LogP contribution is 2.30. The molecular formula is C7H8ClN3O2. The van der Waals surface area contributed by atoms with Gasteiger partial charge < -0.3 is 10.4 Å². The highest BCUT2D eigenvalue weighted by Gasteiger charge is 2.06. The number of hydrazine groups is 1. The standard InChI is InChI=1S/C7H8ClN3O2/c8-4-2-1-3-5(6(4)12)10-7(13)11-9/h1-3,12H,9H2,(H2,10,11,13). The topological polar surface area (TPSA) is 87.4 Å². The van der Waals surface area contributed by atoms with Crippen molar-refractivity contribution in [3.8, 4) is 5.75 Å². The highest BCUT2D eigenvalue weighted by atomic mass is 35.5. The maximum Gasteiger partial charge on any atom is 0.333 e. The number of hydrogen-bond donors (Lipinski definition) is 4. The molecule has 0 spiro atoms. The van der Waals surface area contributed by atoms with Gasteiger partial charge in [0.15, 0.2) is 5.75 Å². The van der Waals surface area contributed by atoms with E-state index in [4.69, 9.17) is 17.4 Å². The molecule has 0 aliphatic rings. The second kappa shape index (κ2) is 3.97. The van der Waals surface area contributed by atoms with Crippen molar-refractivity contribution in [3.63, 3.8) is 0 Å². The summed E-state index contributed by atoms with van der Waals surface area (Å²) in [6.07, 6.45) is 0. The van der Waals surface area contributed by atoms with Crippen LogP contribution in [0.15, 0.2) is 18.2 Å². The molecule has 0 saturated carbocycles. The number of phenols is 1. The van der Waals surface area contributed by atoms with Crippen LogP contribution in [0.3, 0.4) is 0 Å². The molecule has 70 valence electrons. The Hall–Kier alpha value is -1.46. The van der Waals surface area contributed by atoms with E-state index < -0.39 is 6.03 Å². The Morgan fingerprint density at radius 1 is 1.54 bits per heavy atom. The van der Waals surface area contributed by atoms with E-state index in [1.807, 2.05) is 5.43 Å². The van der Waals surface area contributed by atoms with E-state index in [9.17, 15) is 9.90 Å². The van der Waals surface area contributed by atoms with Crippen molar-refractivity contribution in [2.24, 2.45) is 5.84 Å². The van der Waals surface area contributed by atoms with Crippen molar-refractivity contribution in [2.45, 2.75) is 0 Å². The zero-order valence-electron chi connectivity index (χ0n) is 6.54. The molecule has 5 N–H and O–H groups in total. The minimum Gasteiger partial charge on any atom is -0.504 e. The van der Waals surface area contributed by atoms with Crippen molar-refractivity contribution in [1.29, 1.82) is 0 Å². The van der Waals surface area contributed by atoms with Gasteiger partial charge in [0.1, 0.15) is 0 Å². The van der Waals surface area contributed by atoms with Crippen molar-refractivity contribution >= 4 is 23.3 Å². The Balaban J connectivity index is 2.89. The van der Waals surface area contributed by atoms with Crippen LogP contribution in [-0.4, -0.2) is 11.1 Å². The van der Waals surface area contributed by atoms with Gasteiger partial charge in [0.05, 0.1) is 10.7 Å². The van der Waals surface area contributed by atoms with Gasteiger partial charge in [0.2, 0.25) is 0 Å². The van der Waals surface area contributed by atoms with Crippen molar-refractivity contribution in [3.05, 3.63) is 23.2 Å². The summed E-state index contributed by atoms with van der Waals surface area (Å²) >= 11 is 5.59. The van der Waals surface area contributed by atoms with Crippen LogP contribution >= 0.6 is 11.6 Å². The number of aromatic hydroxyl groups is 1. The predicted molar refractivity (Wildman–Crippen MR) is 49.5 cm³/mol. The molecule has 0 aliphatic heterocycles. The lowest BCUT2D eigenvalue weighted by molar-refractivity contribution is 0.252. The molecule has 0 aliphatic carbocycles. The van der Waals surface area contributed by atoms with Gasteiger partial charge in [0.25, 0.3) is 0 Å². The molecule has 6 heteroatoms. The number of hydrogen-bond acceptors (Lipinski definition) is 3. The number of anilines is 1. The number of nitrogens with two attached hydrogens (primary N) is 1. The van der Waals surface area contributed by atoms with Crippen LogP contribution in [0, 0.1) is 0 Å². The molecule has 0 aromatic heterocycles. The third-order valence-electron chi connectivity index (χ3n) is 1.37. The van der Waals surface area contributed by atoms with E-state index in [1.54, 1.807) is 6.07 Å². The van der Waals surface area contributed by atoms with Gasteiger partial charge in [-0.2, -0.15) is 0 Å². The van der Waals surface area contributed by atoms with Gasteiger partial charge in [-0.25, -0.2) is 10.6 Å². The van der Waals surface area contributed by atoms with Gasteiger partial charge in [-0.15, -0.1) is 0 Å². The first-order valence-corrected chi connectivity index (χ1v) is 3.78. The molecular weight excluding hydrogens is 194 g/mol. The first kappa shape index (κ1) is 9.63. The van der Waals surface area contributed by atoms with Gasteiger partial charge in [-0.1, -0.05) is 17.7 Å². The van der Waals surface area contributed by atoms with Gasteiger partial charge in [0, 0.05) is 0 Å². The van der Waals surface area contributed by atoms with Crippen LogP contribution in [0.2, 0.25) is 5.02 Å². The minimum atomic E-state index is -0.627. The van der Waals surface area contributed by atoms with E-state index in [0.29, 0.717) is 0 Å². The number of carbonyl (C=O) groups is 1. The summed E-state index contributed by atoms with van der Waals surface area (Å²) in [5, 5.41) is 11.8. The molecule has 13 heavy (non-hydrogen) atoms. The summed E-state index contributed by atoms with van der Waals surface area (Å²) in [5.74, 6) is 4.64. The summed E-state index contributed by atoms with van der Waals surface area (Å²) in [5.41, 5.74) is 2.06. The molecule has 0 unspecified atom stereocenters. The third-order valence-corrected chi connectivity index (χ3v) is 1.67. The smallest absolute Gasteiger partial charge is 0.333 e. The first-order chi connectivity index (χ1) is 6.15. The molecule has 1 aromatic rings. The average molecular weight is 202 g/mol. The predicted octanol–water partition coefficient (Wildman–Crippen LogP) is 1.04. The number of urea groups is 1. The van der Waals surface area contributed by atoms with Gasteiger partial charge >= 0.3 is 6.03 Å². The number of nitrogens with one attached hydrogen (secondary N) is 2. The number of para-hydroxylation sites is 1. The van der Waals surface area contributed by atoms with Crippen molar-refractivity contribution < 1.29 is 9.90 Å². The summed E-state index contributed by atoms with van der Waals surface area (Å²) < 4.78 is 0. The molecule has 0 bridgehead atoms. The van der Waals surface area contributed by atoms with E-state index >= 15 is 0 Å². The lowest BCUT2D eigenvalue weighted by atomic mass is 10.3. The number of phenolic OH excluding ortho intramolecular Hbond substituents is 1. The molecule has 0 atom stereocenters. The number of carbonyl (C=O) groups excluding carboxylic acids is 1. The molecule has 2 amide bonds. The average Bonchev–Trinajstić information content (AvgIpc) is 2.13. The molecule has 0 saturated heterocycles. The van der Waals surface area contributed by atoms with Crippen molar-refractivity contribution in [2.75, 3.05) is 5.32 Å². The maximum absolute atomic E-state index is 10.7. The molecule has 1 aromatic carbocycles. The summed E-state index contributed by atoms with van der Waals surface area (Å²) in [7, 11) is 0. The summed E-state index contributed by atoms with van der Waals surface area (Å²) in [4.78, 5) is 10.7. The second-order valence-corrected chi connectivity index (χ2v) is 2.64. The van der Waals surface area contributed by atoms with Crippen LogP contribution in [-0.2, 0) is 0 Å². The Bertz CT molecular complexity index is 330. The number of halogens is 1. The highest BCUT2D eigenvalue weighted by molar-refractivity contribution is 6.32. The first-order valence-electron chi connectivity index (χ1n) is 3.40. The largest absolute Gasteiger partial charge is 0.504 e. The van der Waals surface area contributed by atoms with Gasteiger partial charge in [-0.3, -0.25) is 5.43 Å². The quantitative estimate of drug-likeness (QED) is 0.237. The summed E-state index contributed by atoms with van der Waals surface area (Å²) in [6, 6.07) is 3.96. The number of rotatable bonds is 1. The Kier molecular flexibility index (Phi) is 2.94. The van der Waals surface area contributed by atoms with E-state index in [-0.39, 0.29) is 16.5 Å². The number of amides is 2. The molecule has 1 rings (SSSR count). The monoisotopic (exact) mass is 201 g/mol. The fraction of sp³-hybridized carbons (Fsp3) is 0. The Morgan fingerprint density at radius 3 is 2.85 bits per heavy atom. The lowest BCUT2D eigenvalue weighted by Crippen LogP contribution is -2.34. The van der Waals surface area contributed by atoms with Crippen LogP contribution in [0.5, 0.6) is 5.75 Å². The molecule has 0 radical (unpaired) electrons. The lowest BCUT2D eigenvalue weighted by Gasteiger charge is -2.06. The van der Waals surface area contributed by atoms with Crippen LogP contribution in [0.4, 0.5) is 10.5 Å². The Labute approximate surface area is 79.5 Å². The normalized spacial score (nSPS) is 9.38.